The largest absolute Gasteiger partial charge is 0.497 e. The molecule has 0 N–H and O–H groups in total. The van der Waals surface area contributed by atoms with Crippen molar-refractivity contribution < 1.29 is 23.4 Å². The summed E-state index contributed by atoms with van der Waals surface area (Å²) < 4.78 is 22.3. The van der Waals surface area contributed by atoms with Crippen LogP contribution in [-0.2, 0) is 25.3 Å². The van der Waals surface area contributed by atoms with Crippen LogP contribution in [0, 0.1) is 0 Å². The van der Waals surface area contributed by atoms with Crippen molar-refractivity contribution in [3.8, 4) is 5.75 Å². The lowest BCUT2D eigenvalue weighted by atomic mass is 10.1. The highest BCUT2D eigenvalue weighted by atomic mass is 28.4. The van der Waals surface area contributed by atoms with Crippen LogP contribution in [0.3, 0.4) is 0 Å². The Morgan fingerprint density at radius 1 is 1.13 bits per heavy atom. The third kappa shape index (κ3) is 9.45. The molecule has 0 aliphatic carbocycles. The smallest absolute Gasteiger partial charge is 0.308 e. The minimum absolute atomic E-state index is 0.0988. The lowest BCUT2D eigenvalue weighted by Crippen LogP contribution is -2.44. The van der Waals surface area contributed by atoms with Gasteiger partial charge < -0.3 is 18.6 Å². The normalized spacial score (nSPS) is 13.8. The summed E-state index contributed by atoms with van der Waals surface area (Å²) in [5.74, 6) is 0.624. The third-order valence-corrected chi connectivity index (χ3v) is 10.3. The number of hydrogen-bond donors (Lipinski definition) is 0. The average Bonchev–Trinajstić information content (AvgIpc) is 2.68. The van der Waals surface area contributed by atoms with Gasteiger partial charge in [-0.25, -0.2) is 0 Å². The number of benzene rings is 1. The van der Waals surface area contributed by atoms with Crippen LogP contribution in [0.5, 0.6) is 5.75 Å². The minimum atomic E-state index is -1.96. The highest BCUT2D eigenvalue weighted by molar-refractivity contribution is 6.74. The molecule has 0 bridgehead atoms. The van der Waals surface area contributed by atoms with Gasteiger partial charge in [-0.05, 0) is 55.6 Å². The van der Waals surface area contributed by atoms with Gasteiger partial charge in [0, 0.05) is 0 Å². The zero-order chi connectivity index (χ0) is 22.8. The van der Waals surface area contributed by atoms with E-state index in [-0.39, 0.29) is 17.1 Å². The standard InChI is InChI=1S/C24H40O5Si/c1-19(15-16-28-18-20-10-13-21(26-5)14-11-20)9-12-22(17-23(25)27-6)29-30(7,8)24(2,3)4/h10-11,13-15,22H,9,12,16-18H2,1-8H3/b19-15-/t22-/m0/s1. The highest BCUT2D eigenvalue weighted by Gasteiger charge is 2.39. The van der Waals surface area contributed by atoms with E-state index in [1.165, 1.54) is 12.7 Å². The van der Waals surface area contributed by atoms with Crippen LogP contribution in [0.15, 0.2) is 35.9 Å². The summed E-state index contributed by atoms with van der Waals surface area (Å²) in [5, 5.41) is 0.0988. The maximum Gasteiger partial charge on any atom is 0.308 e. The molecule has 6 heteroatoms. The number of carbonyl (C=O) groups is 1. The summed E-state index contributed by atoms with van der Waals surface area (Å²) in [7, 11) is 1.13. The number of hydrogen-bond acceptors (Lipinski definition) is 5. The van der Waals surface area contributed by atoms with Crippen molar-refractivity contribution in [2.75, 3.05) is 20.8 Å². The molecular formula is C24H40O5Si. The molecule has 0 aliphatic heterocycles. The molecule has 5 nitrogen and oxygen atoms in total. The molecule has 1 atom stereocenters. The Morgan fingerprint density at radius 2 is 1.77 bits per heavy atom. The second-order valence-corrected chi connectivity index (χ2v) is 14.0. The fourth-order valence-electron chi connectivity index (χ4n) is 2.66. The van der Waals surface area contributed by atoms with Gasteiger partial charge in [-0.3, -0.25) is 4.79 Å². The van der Waals surface area contributed by atoms with E-state index in [1.54, 1.807) is 7.11 Å². The van der Waals surface area contributed by atoms with Crippen LogP contribution < -0.4 is 4.74 Å². The number of esters is 1. The summed E-state index contributed by atoms with van der Waals surface area (Å²) in [6.45, 7) is 14.3. The second-order valence-electron chi connectivity index (χ2n) is 9.23. The van der Waals surface area contributed by atoms with Gasteiger partial charge in [-0.15, -0.1) is 0 Å². The molecule has 0 unspecified atom stereocenters. The highest BCUT2D eigenvalue weighted by Crippen LogP contribution is 2.38. The van der Waals surface area contributed by atoms with Crippen molar-refractivity contribution in [3.63, 3.8) is 0 Å². The number of carbonyl (C=O) groups excluding carboxylic acids is 1. The van der Waals surface area contributed by atoms with Crippen LogP contribution in [0.4, 0.5) is 0 Å². The van der Waals surface area contributed by atoms with E-state index in [0.29, 0.717) is 19.6 Å². The molecule has 0 amide bonds. The Hall–Kier alpha value is -1.63. The van der Waals surface area contributed by atoms with E-state index in [0.717, 1.165) is 24.2 Å². The first kappa shape index (κ1) is 26.4. The summed E-state index contributed by atoms with van der Waals surface area (Å²) in [6.07, 6.45) is 3.93. The van der Waals surface area contributed by atoms with Crippen molar-refractivity contribution in [2.24, 2.45) is 0 Å². The maximum absolute atomic E-state index is 11.9. The van der Waals surface area contributed by atoms with Crippen molar-refractivity contribution in [3.05, 3.63) is 41.5 Å². The van der Waals surface area contributed by atoms with Gasteiger partial charge in [-0.2, -0.15) is 0 Å². The van der Waals surface area contributed by atoms with E-state index in [1.807, 2.05) is 24.3 Å². The van der Waals surface area contributed by atoms with E-state index in [4.69, 9.17) is 18.6 Å². The average molecular weight is 437 g/mol. The van der Waals surface area contributed by atoms with Gasteiger partial charge in [0.15, 0.2) is 8.32 Å². The van der Waals surface area contributed by atoms with Gasteiger partial charge in [0.05, 0.1) is 40.0 Å². The van der Waals surface area contributed by atoms with Crippen LogP contribution >= 0.6 is 0 Å². The van der Waals surface area contributed by atoms with Crippen molar-refractivity contribution >= 4 is 14.3 Å². The number of methoxy groups -OCH3 is 2. The topological polar surface area (TPSA) is 54.0 Å². The molecule has 1 rings (SSSR count). The van der Waals surface area contributed by atoms with Gasteiger partial charge >= 0.3 is 5.97 Å². The van der Waals surface area contributed by atoms with Crippen molar-refractivity contribution in [2.45, 2.75) is 77.8 Å². The molecule has 1 aromatic rings. The van der Waals surface area contributed by atoms with Crippen LogP contribution in [-0.4, -0.2) is 41.2 Å². The van der Waals surface area contributed by atoms with Crippen LogP contribution in [0.2, 0.25) is 18.1 Å². The molecule has 0 saturated heterocycles. The minimum Gasteiger partial charge on any atom is -0.497 e. The van der Waals surface area contributed by atoms with Gasteiger partial charge in [0.2, 0.25) is 0 Å². The molecule has 0 heterocycles. The molecule has 170 valence electrons. The molecule has 1 aromatic carbocycles. The lowest BCUT2D eigenvalue weighted by Gasteiger charge is -2.39. The molecule has 0 saturated carbocycles. The zero-order valence-electron chi connectivity index (χ0n) is 20.0. The zero-order valence-corrected chi connectivity index (χ0v) is 21.0. The van der Waals surface area contributed by atoms with Gasteiger partial charge in [0.25, 0.3) is 0 Å². The van der Waals surface area contributed by atoms with E-state index < -0.39 is 8.32 Å². The fourth-order valence-corrected chi connectivity index (χ4v) is 4.04. The molecule has 0 fully saturated rings. The van der Waals surface area contributed by atoms with E-state index >= 15 is 0 Å². The van der Waals surface area contributed by atoms with E-state index in [2.05, 4.69) is 46.9 Å². The molecule has 0 aliphatic rings. The quantitative estimate of drug-likeness (QED) is 0.177. The summed E-state index contributed by atoms with van der Waals surface area (Å²) >= 11 is 0. The van der Waals surface area contributed by atoms with Crippen LogP contribution in [0.1, 0.15) is 52.5 Å². The fraction of sp³-hybridized carbons (Fsp3) is 0.625. The first-order valence-electron chi connectivity index (χ1n) is 10.6. The van der Waals surface area contributed by atoms with E-state index in [9.17, 15) is 4.79 Å². The molecular weight excluding hydrogens is 396 g/mol. The molecule has 0 spiro atoms. The summed E-state index contributed by atoms with van der Waals surface area (Å²) in [5.41, 5.74) is 2.35. The Labute approximate surface area is 183 Å². The lowest BCUT2D eigenvalue weighted by molar-refractivity contribution is -0.142. The maximum atomic E-state index is 11.9. The number of rotatable bonds is 12. The van der Waals surface area contributed by atoms with Gasteiger partial charge in [-0.1, -0.05) is 44.6 Å². The Bertz CT molecular complexity index is 674. The molecule has 0 radical (unpaired) electrons. The monoisotopic (exact) mass is 436 g/mol. The van der Waals surface area contributed by atoms with Gasteiger partial charge in [0.1, 0.15) is 5.75 Å². The molecule has 30 heavy (non-hydrogen) atoms. The van der Waals surface area contributed by atoms with Crippen molar-refractivity contribution in [1.82, 2.24) is 0 Å². The first-order valence-corrected chi connectivity index (χ1v) is 13.5. The third-order valence-electron chi connectivity index (χ3n) is 5.73. The summed E-state index contributed by atoms with van der Waals surface area (Å²) in [4.78, 5) is 11.9. The summed E-state index contributed by atoms with van der Waals surface area (Å²) in [6, 6.07) is 7.88. The predicted octanol–water partition coefficient (Wildman–Crippen LogP) is 5.89. The number of allylic oxidation sites excluding steroid dienone is 1. The van der Waals surface area contributed by atoms with Crippen molar-refractivity contribution in [1.29, 1.82) is 0 Å². The Kier molecular flexibility index (Phi) is 10.8. The SMILES string of the molecule is COC(=O)C[C@H](CC/C(C)=C\COCc1ccc(OC)cc1)O[Si](C)(C)C(C)(C)C. The molecule has 0 aromatic heterocycles. The first-order chi connectivity index (χ1) is 14.0. The number of ether oxygens (including phenoxy) is 3. The Balaban J connectivity index is 2.54. The van der Waals surface area contributed by atoms with Crippen LogP contribution in [0.25, 0.3) is 0 Å². The predicted molar refractivity (Wildman–Crippen MR) is 124 cm³/mol. The Morgan fingerprint density at radius 3 is 2.30 bits per heavy atom. The second kappa shape index (κ2) is 12.3.